The molecule has 0 radical (unpaired) electrons. The summed E-state index contributed by atoms with van der Waals surface area (Å²) in [5.41, 5.74) is -0.894. The first-order chi connectivity index (χ1) is 22.6. The minimum absolute atomic E-state index is 0.103. The van der Waals surface area contributed by atoms with Crippen molar-refractivity contribution in [1.29, 1.82) is 0 Å². The molecule has 48 heavy (non-hydrogen) atoms. The van der Waals surface area contributed by atoms with Crippen molar-refractivity contribution in [3.05, 3.63) is 53.4 Å². The van der Waals surface area contributed by atoms with Crippen molar-refractivity contribution < 1.29 is 38.1 Å². The second-order valence-electron chi connectivity index (χ2n) is 13.1. The molecule has 0 bridgehead atoms. The molecule has 2 saturated carbocycles. The molecule has 8 nitrogen and oxygen atoms in total. The van der Waals surface area contributed by atoms with Gasteiger partial charge in [-0.25, -0.2) is 19.2 Å². The molecule has 0 aliphatic heterocycles. The Morgan fingerprint density at radius 2 is 0.958 bits per heavy atom. The predicted octanol–water partition coefficient (Wildman–Crippen LogP) is 10.6. The maximum Gasteiger partial charge on any atom is 0.423 e. The second-order valence-corrected chi connectivity index (χ2v) is 15.4. The maximum absolute atomic E-state index is 13.2. The van der Waals surface area contributed by atoms with Gasteiger partial charge in [-0.3, -0.25) is 0 Å². The van der Waals surface area contributed by atoms with E-state index in [9.17, 15) is 19.2 Å². The maximum atomic E-state index is 13.2. The van der Waals surface area contributed by atoms with Crippen molar-refractivity contribution >= 4 is 93.5 Å². The third kappa shape index (κ3) is 9.23. The molecule has 0 amide bonds. The first-order valence-electron chi connectivity index (χ1n) is 15.7. The molecule has 4 unspecified atom stereocenters. The third-order valence-corrected chi connectivity index (χ3v) is 11.3. The number of hydrogen-bond donors (Lipinski definition) is 0. The van der Waals surface area contributed by atoms with E-state index in [-0.39, 0.29) is 55.2 Å². The number of ether oxygens (including phenoxy) is 4. The smallest absolute Gasteiger partial charge is 0.423 e. The number of rotatable bonds is 10. The van der Waals surface area contributed by atoms with Crippen LogP contribution in [0.5, 0.6) is 11.5 Å². The van der Waals surface area contributed by atoms with Crippen LogP contribution >= 0.6 is 69.6 Å². The van der Waals surface area contributed by atoms with E-state index in [0.717, 1.165) is 50.7 Å². The summed E-state index contributed by atoms with van der Waals surface area (Å²) < 4.78 is 21.5. The van der Waals surface area contributed by atoms with Gasteiger partial charge in [0.1, 0.15) is 11.1 Å². The fraction of sp³-hybridized carbons (Fsp3) is 0.529. The van der Waals surface area contributed by atoms with Gasteiger partial charge in [0, 0.05) is 0 Å². The number of esters is 4. The van der Waals surface area contributed by atoms with Crippen LogP contribution in [0.2, 0.25) is 30.1 Å². The van der Waals surface area contributed by atoms with Crippen LogP contribution in [0.4, 0.5) is 0 Å². The number of hydrogen-bond acceptors (Lipinski definition) is 8. The number of benzene rings is 2. The molecule has 4 atom stereocenters. The van der Waals surface area contributed by atoms with Gasteiger partial charge >= 0.3 is 23.9 Å². The Labute approximate surface area is 309 Å². The van der Waals surface area contributed by atoms with Gasteiger partial charge in [-0.2, -0.15) is 0 Å². The Morgan fingerprint density at radius 1 is 0.604 bits per heavy atom. The van der Waals surface area contributed by atoms with Gasteiger partial charge in [0.2, 0.25) is 0 Å². The summed E-state index contributed by atoms with van der Waals surface area (Å²) in [5, 5.41) is -1.43. The highest BCUT2D eigenvalue weighted by Gasteiger charge is 2.34. The number of halogens is 6. The first-order valence-corrected chi connectivity index (χ1v) is 18.0. The fourth-order valence-electron chi connectivity index (χ4n) is 6.26. The van der Waals surface area contributed by atoms with Crippen molar-refractivity contribution in [1.82, 2.24) is 0 Å². The Morgan fingerprint density at radius 3 is 1.27 bits per heavy atom. The molecular formula is C34H36Cl6O8. The van der Waals surface area contributed by atoms with Gasteiger partial charge in [-0.1, -0.05) is 97.3 Å². The second kappa shape index (κ2) is 16.8. The van der Waals surface area contributed by atoms with Gasteiger partial charge in [0.05, 0.1) is 43.3 Å². The van der Waals surface area contributed by atoms with Crippen LogP contribution in [-0.2, 0) is 19.1 Å². The lowest BCUT2D eigenvalue weighted by Gasteiger charge is -2.17. The van der Waals surface area contributed by atoms with Crippen molar-refractivity contribution in [3.8, 4) is 11.5 Å². The van der Waals surface area contributed by atoms with Gasteiger partial charge in [0.25, 0.3) is 0 Å². The largest absolute Gasteiger partial charge is 0.462 e. The molecule has 0 N–H and O–H groups in total. The average molecular weight is 785 g/mol. The zero-order valence-corrected chi connectivity index (χ0v) is 31.3. The predicted molar refractivity (Wildman–Crippen MR) is 186 cm³/mol. The van der Waals surface area contributed by atoms with E-state index in [1.165, 1.54) is 0 Å². The lowest BCUT2D eigenvalue weighted by Crippen LogP contribution is -2.27. The Balaban J connectivity index is 1.50. The molecule has 2 aromatic carbocycles. The lowest BCUT2D eigenvalue weighted by molar-refractivity contribution is -0.156. The SMILES string of the molecule is CC(C)C1CCC(COC(=O)c2c(Cl)c(Cl)cc(Cl)c2OC(=O)C(=O)Oc2c(Cl)cc(Cl)c(Cl)c2C(=O)OCC2CCC(C(C)C)C2)C1. The normalized spacial score (nSPS) is 20.7. The standard InChI is InChI=1S/C34H36Cl6O8/c1-15(2)19-7-5-17(9-19)13-45-31(41)25-27(39)21(35)11-23(37)29(25)47-33(43)34(44)48-30-24(38)12-22(36)28(40)26(30)32(42)46-14-18-6-8-20(10-18)16(3)4/h11-12,15-20H,5-10,13-14H2,1-4H3. The van der Waals surface area contributed by atoms with Gasteiger partial charge in [0.15, 0.2) is 11.5 Å². The highest BCUT2D eigenvalue weighted by molar-refractivity contribution is 6.47. The summed E-state index contributed by atoms with van der Waals surface area (Å²) in [4.78, 5) is 52.5. The van der Waals surface area contributed by atoms with Crippen molar-refractivity contribution in [2.24, 2.45) is 35.5 Å². The van der Waals surface area contributed by atoms with Gasteiger partial charge < -0.3 is 18.9 Å². The number of carbonyl (C=O) groups excluding carboxylic acids is 4. The molecular weight excluding hydrogens is 749 g/mol. The molecule has 0 saturated heterocycles. The van der Waals surface area contributed by atoms with Crippen LogP contribution in [0.25, 0.3) is 0 Å². The Kier molecular flexibility index (Phi) is 13.6. The summed E-state index contributed by atoms with van der Waals surface area (Å²) in [7, 11) is 0. The lowest BCUT2D eigenvalue weighted by atomic mass is 9.93. The Bertz CT molecular complexity index is 1460. The quantitative estimate of drug-likeness (QED) is 0.101. The van der Waals surface area contributed by atoms with Crippen LogP contribution < -0.4 is 9.47 Å². The summed E-state index contributed by atoms with van der Waals surface area (Å²) >= 11 is 37.6. The van der Waals surface area contributed by atoms with Crippen molar-refractivity contribution in [2.45, 2.75) is 66.2 Å². The van der Waals surface area contributed by atoms with E-state index in [1.807, 2.05) is 0 Å². The van der Waals surface area contributed by atoms with Gasteiger partial charge in [-0.15, -0.1) is 0 Å². The number of carbonyl (C=O) groups is 4. The van der Waals surface area contributed by atoms with Crippen molar-refractivity contribution in [2.75, 3.05) is 13.2 Å². The zero-order chi connectivity index (χ0) is 35.4. The minimum Gasteiger partial charge on any atom is -0.462 e. The van der Waals surface area contributed by atoms with Crippen LogP contribution in [0, 0.1) is 35.5 Å². The summed E-state index contributed by atoms with van der Waals surface area (Å²) in [6, 6.07) is 2.27. The molecule has 262 valence electrons. The van der Waals surface area contributed by atoms with Gasteiger partial charge in [-0.05, 0) is 86.2 Å². The topological polar surface area (TPSA) is 105 Å². The highest BCUT2D eigenvalue weighted by atomic mass is 35.5. The van der Waals surface area contributed by atoms with Crippen LogP contribution in [0.1, 0.15) is 86.9 Å². The van der Waals surface area contributed by atoms with E-state index < -0.39 is 46.5 Å². The minimum atomic E-state index is -1.63. The van der Waals surface area contributed by atoms with E-state index in [0.29, 0.717) is 23.7 Å². The molecule has 2 aromatic rings. The fourth-order valence-corrected chi connectivity index (χ4v) is 7.70. The third-order valence-electron chi connectivity index (χ3n) is 9.17. The Hall–Kier alpha value is -1.94. The average Bonchev–Trinajstić information content (AvgIpc) is 3.71. The monoisotopic (exact) mass is 782 g/mol. The molecule has 0 aromatic heterocycles. The van der Waals surface area contributed by atoms with E-state index in [2.05, 4.69) is 27.7 Å². The molecule has 2 fully saturated rings. The van der Waals surface area contributed by atoms with E-state index >= 15 is 0 Å². The van der Waals surface area contributed by atoms with Crippen LogP contribution in [-0.4, -0.2) is 37.1 Å². The molecule has 0 heterocycles. The van der Waals surface area contributed by atoms with Crippen molar-refractivity contribution in [3.63, 3.8) is 0 Å². The highest BCUT2D eigenvalue weighted by Crippen LogP contribution is 2.43. The molecule has 4 rings (SSSR count). The van der Waals surface area contributed by atoms with Crippen LogP contribution in [0.15, 0.2) is 12.1 Å². The zero-order valence-electron chi connectivity index (χ0n) is 26.8. The molecule has 14 heteroatoms. The van der Waals surface area contributed by atoms with Crippen LogP contribution in [0.3, 0.4) is 0 Å². The summed E-state index contributed by atoms with van der Waals surface area (Å²) in [5.74, 6) is -3.96. The van der Waals surface area contributed by atoms with E-state index in [4.69, 9.17) is 88.6 Å². The summed E-state index contributed by atoms with van der Waals surface area (Å²) in [6.45, 7) is 8.81. The first kappa shape index (κ1) is 38.9. The molecule has 2 aliphatic carbocycles. The van der Waals surface area contributed by atoms with E-state index in [1.54, 1.807) is 0 Å². The molecule has 0 spiro atoms. The summed E-state index contributed by atoms with van der Waals surface area (Å²) in [6.07, 6.45) is 5.62. The molecule has 2 aliphatic rings.